The van der Waals surface area contributed by atoms with E-state index in [0.29, 0.717) is 19.8 Å². The average Bonchev–Trinajstić information content (AvgIpc) is 3.13. The fraction of sp³-hybridized carbons (Fsp3) is 0.261. The van der Waals surface area contributed by atoms with Crippen LogP contribution in [0.5, 0.6) is 5.75 Å². The van der Waals surface area contributed by atoms with Crippen LogP contribution in [0, 0.1) is 6.92 Å². The number of hydrogen-bond acceptors (Lipinski definition) is 5. The van der Waals surface area contributed by atoms with E-state index in [0.717, 1.165) is 16.9 Å². The van der Waals surface area contributed by atoms with Gasteiger partial charge in [-0.15, -0.1) is 11.3 Å². The van der Waals surface area contributed by atoms with Crippen molar-refractivity contribution < 1.29 is 24.1 Å². The van der Waals surface area contributed by atoms with Gasteiger partial charge in [-0.05, 0) is 58.8 Å². The third-order valence-corrected chi connectivity index (χ3v) is 5.97. The summed E-state index contributed by atoms with van der Waals surface area (Å²) in [5, 5.41) is 11.0. The van der Waals surface area contributed by atoms with Gasteiger partial charge >= 0.3 is 5.97 Å². The van der Waals surface area contributed by atoms with Crippen molar-refractivity contribution in [2.24, 2.45) is 0 Å². The molecule has 29 heavy (non-hydrogen) atoms. The number of carboxylic acid groups (broad SMARTS) is 1. The van der Waals surface area contributed by atoms with Gasteiger partial charge in [-0.3, -0.25) is 0 Å². The Kier molecular flexibility index (Phi) is 5.67. The van der Waals surface area contributed by atoms with Gasteiger partial charge in [0.2, 0.25) is 0 Å². The van der Waals surface area contributed by atoms with E-state index in [2.05, 4.69) is 36.6 Å². The van der Waals surface area contributed by atoms with Crippen molar-refractivity contribution in [1.82, 2.24) is 0 Å². The van der Waals surface area contributed by atoms with Crippen molar-refractivity contribution in [3.63, 3.8) is 0 Å². The lowest BCUT2D eigenvalue weighted by Gasteiger charge is -2.41. The lowest BCUT2D eigenvalue weighted by atomic mass is 9.91. The summed E-state index contributed by atoms with van der Waals surface area (Å²) in [4.78, 5) is 12.1. The zero-order chi connectivity index (χ0) is 20.3. The van der Waals surface area contributed by atoms with Crippen LogP contribution in [0.25, 0.3) is 10.4 Å². The maximum Gasteiger partial charge on any atom is 0.329 e. The normalized spacial score (nSPS) is 14.9. The van der Waals surface area contributed by atoms with Gasteiger partial charge in [0.25, 0.3) is 0 Å². The molecule has 1 aliphatic heterocycles. The Bertz CT molecular complexity index is 989. The highest BCUT2D eigenvalue weighted by Crippen LogP contribution is 2.34. The Balaban J connectivity index is 1.40. The molecule has 0 spiro atoms. The second-order valence-corrected chi connectivity index (χ2v) is 8.08. The summed E-state index contributed by atoms with van der Waals surface area (Å²) in [5.74, 6) is -0.240. The van der Waals surface area contributed by atoms with E-state index in [1.54, 1.807) is 11.3 Å². The second kappa shape index (κ2) is 8.37. The minimum Gasteiger partial charge on any atom is -0.489 e. The molecule has 2 aromatic carbocycles. The van der Waals surface area contributed by atoms with Crippen LogP contribution < -0.4 is 4.74 Å². The van der Waals surface area contributed by atoms with Gasteiger partial charge in [-0.25, -0.2) is 4.79 Å². The maximum absolute atomic E-state index is 10.8. The zero-order valence-corrected chi connectivity index (χ0v) is 16.9. The number of thiophene rings is 1. The van der Waals surface area contributed by atoms with Crippen LogP contribution in [0.3, 0.4) is 0 Å². The molecule has 4 rings (SSSR count). The lowest BCUT2D eigenvalue weighted by Crippen LogP contribution is -2.49. The SMILES string of the molecule is Cc1csc(-c2cccc(COc3ccc(C4(OCC(=O)O)COC4)cc3)c2)c1. The first-order chi connectivity index (χ1) is 14.0. The average molecular weight is 410 g/mol. The first-order valence-electron chi connectivity index (χ1n) is 9.35. The Morgan fingerprint density at radius 1 is 1.17 bits per heavy atom. The molecule has 0 atom stereocenters. The molecule has 1 aliphatic rings. The molecule has 5 nitrogen and oxygen atoms in total. The van der Waals surface area contributed by atoms with E-state index in [9.17, 15) is 4.79 Å². The van der Waals surface area contributed by atoms with E-state index < -0.39 is 11.6 Å². The Morgan fingerprint density at radius 2 is 1.97 bits per heavy atom. The topological polar surface area (TPSA) is 65.0 Å². The van der Waals surface area contributed by atoms with E-state index in [-0.39, 0.29) is 6.61 Å². The highest BCUT2D eigenvalue weighted by molar-refractivity contribution is 7.13. The van der Waals surface area contributed by atoms with Crippen molar-refractivity contribution in [1.29, 1.82) is 0 Å². The van der Waals surface area contributed by atoms with Crippen LogP contribution in [-0.4, -0.2) is 30.9 Å². The molecule has 1 aromatic heterocycles. The molecule has 1 fully saturated rings. The minimum atomic E-state index is -0.990. The Labute approximate surface area is 173 Å². The number of aliphatic carboxylic acids is 1. The molecule has 0 saturated carbocycles. The molecule has 0 bridgehead atoms. The molecule has 150 valence electrons. The highest BCUT2D eigenvalue weighted by atomic mass is 32.1. The Morgan fingerprint density at radius 3 is 2.59 bits per heavy atom. The second-order valence-electron chi connectivity index (χ2n) is 7.17. The van der Waals surface area contributed by atoms with Crippen LogP contribution in [0.4, 0.5) is 0 Å². The molecule has 0 aliphatic carbocycles. The lowest BCUT2D eigenvalue weighted by molar-refractivity contribution is -0.220. The van der Waals surface area contributed by atoms with Crippen LogP contribution in [0.1, 0.15) is 16.7 Å². The summed E-state index contributed by atoms with van der Waals surface area (Å²) in [5.41, 5.74) is 3.79. The predicted molar refractivity (Wildman–Crippen MR) is 111 cm³/mol. The van der Waals surface area contributed by atoms with Crippen molar-refractivity contribution in [2.75, 3.05) is 19.8 Å². The van der Waals surface area contributed by atoms with Crippen LogP contribution in [-0.2, 0) is 26.5 Å². The van der Waals surface area contributed by atoms with Crippen molar-refractivity contribution in [3.05, 3.63) is 76.7 Å². The number of ether oxygens (including phenoxy) is 3. The van der Waals surface area contributed by atoms with Gasteiger partial charge in [-0.1, -0.05) is 30.3 Å². The summed E-state index contributed by atoms with van der Waals surface area (Å²) in [6.45, 7) is 2.94. The van der Waals surface area contributed by atoms with Crippen LogP contribution >= 0.6 is 11.3 Å². The first-order valence-corrected chi connectivity index (χ1v) is 10.2. The zero-order valence-electron chi connectivity index (χ0n) is 16.1. The molecule has 0 radical (unpaired) electrons. The molecule has 1 saturated heterocycles. The van der Waals surface area contributed by atoms with Gasteiger partial charge in [-0.2, -0.15) is 0 Å². The largest absolute Gasteiger partial charge is 0.489 e. The van der Waals surface area contributed by atoms with E-state index in [1.165, 1.54) is 16.0 Å². The van der Waals surface area contributed by atoms with Crippen LogP contribution in [0.2, 0.25) is 0 Å². The van der Waals surface area contributed by atoms with Gasteiger partial charge in [0, 0.05) is 4.88 Å². The number of hydrogen-bond donors (Lipinski definition) is 1. The molecule has 1 N–H and O–H groups in total. The standard InChI is InChI=1S/C23H22O5S/c1-16-9-21(29-13-16)18-4-2-3-17(10-18)11-27-20-7-5-19(6-8-20)23(14-26-15-23)28-12-22(24)25/h2-10,13H,11-12,14-15H2,1H3,(H,24,25). The smallest absolute Gasteiger partial charge is 0.329 e. The molecular formula is C23H22O5S. The summed E-state index contributed by atoms with van der Waals surface area (Å²) in [6, 6.07) is 18.1. The predicted octanol–water partition coefficient (Wildman–Crippen LogP) is 4.63. The molecule has 3 aromatic rings. The molecule has 2 heterocycles. The van der Waals surface area contributed by atoms with Crippen molar-refractivity contribution >= 4 is 17.3 Å². The van der Waals surface area contributed by atoms with Gasteiger partial charge in [0.1, 0.15) is 24.6 Å². The van der Waals surface area contributed by atoms with E-state index in [1.807, 2.05) is 30.3 Å². The first kappa shape index (κ1) is 19.6. The quantitative estimate of drug-likeness (QED) is 0.587. The summed E-state index contributed by atoms with van der Waals surface area (Å²) < 4.78 is 16.8. The maximum atomic E-state index is 10.8. The molecule has 6 heteroatoms. The molecular weight excluding hydrogens is 388 g/mol. The fourth-order valence-electron chi connectivity index (χ4n) is 3.24. The number of rotatable bonds is 8. The van der Waals surface area contributed by atoms with E-state index >= 15 is 0 Å². The summed E-state index contributed by atoms with van der Waals surface area (Å²) >= 11 is 1.74. The van der Waals surface area contributed by atoms with Crippen LogP contribution in [0.15, 0.2) is 60.0 Å². The van der Waals surface area contributed by atoms with Gasteiger partial charge in [0.05, 0.1) is 13.2 Å². The highest BCUT2D eigenvalue weighted by Gasteiger charge is 2.42. The third kappa shape index (κ3) is 4.50. The Hall–Kier alpha value is -2.67. The fourth-order valence-corrected chi connectivity index (χ4v) is 4.14. The van der Waals surface area contributed by atoms with Crippen molar-refractivity contribution in [3.8, 4) is 16.2 Å². The number of aryl methyl sites for hydroxylation is 1. The van der Waals surface area contributed by atoms with Gasteiger partial charge < -0.3 is 19.3 Å². The van der Waals surface area contributed by atoms with E-state index in [4.69, 9.17) is 19.3 Å². The summed E-state index contributed by atoms with van der Waals surface area (Å²) in [6.07, 6.45) is 0. The summed E-state index contributed by atoms with van der Waals surface area (Å²) in [7, 11) is 0. The number of carbonyl (C=O) groups is 1. The molecule has 0 unspecified atom stereocenters. The van der Waals surface area contributed by atoms with Crippen molar-refractivity contribution in [2.45, 2.75) is 19.1 Å². The van der Waals surface area contributed by atoms with Gasteiger partial charge in [0.15, 0.2) is 0 Å². The number of benzene rings is 2. The monoisotopic (exact) mass is 410 g/mol. The molecule has 0 amide bonds. The number of carboxylic acids is 1. The third-order valence-electron chi connectivity index (χ3n) is 4.87. The minimum absolute atomic E-state index is 0.346.